The van der Waals surface area contributed by atoms with Gasteiger partial charge in [-0.1, -0.05) is 0 Å². The Morgan fingerprint density at radius 3 is 2.47 bits per heavy atom. The first-order chi connectivity index (χ1) is 8.77. The van der Waals surface area contributed by atoms with E-state index in [4.69, 9.17) is 0 Å². The summed E-state index contributed by atoms with van der Waals surface area (Å²) in [5.74, 6) is -3.99. The molecule has 0 aliphatic heterocycles. The summed E-state index contributed by atoms with van der Waals surface area (Å²) in [5.41, 5.74) is 0.556. The highest BCUT2D eigenvalue weighted by Gasteiger charge is 2.44. The Bertz CT molecular complexity index is 491. The highest BCUT2D eigenvalue weighted by molar-refractivity contribution is 5.78. The number of hydrogen-bond donors (Lipinski definition) is 4. The van der Waals surface area contributed by atoms with E-state index in [0.29, 0.717) is 6.29 Å². The monoisotopic (exact) mass is 271 g/mol. The highest BCUT2D eigenvalue weighted by Crippen LogP contribution is 2.30. The Morgan fingerprint density at radius 2 is 2.05 bits per heavy atom. The van der Waals surface area contributed by atoms with Crippen molar-refractivity contribution in [2.75, 3.05) is 6.61 Å². The van der Waals surface area contributed by atoms with Gasteiger partial charge in [0.2, 0.25) is 11.9 Å². The summed E-state index contributed by atoms with van der Waals surface area (Å²) < 4.78 is 4.54. The first kappa shape index (κ1) is 15.4. The number of carbonyl (C=O) groups is 2. The molecule has 19 heavy (non-hydrogen) atoms. The van der Waals surface area contributed by atoms with Gasteiger partial charge in [-0.2, -0.15) is 0 Å². The van der Waals surface area contributed by atoms with Gasteiger partial charge in [0.25, 0.3) is 0 Å². The minimum Gasteiger partial charge on any atom is -0.464 e. The predicted octanol–water partition coefficient (Wildman–Crippen LogP) is -0.495. The van der Waals surface area contributed by atoms with Crippen molar-refractivity contribution in [2.45, 2.75) is 32.7 Å². The summed E-state index contributed by atoms with van der Waals surface area (Å²) in [6.45, 7) is 4.49. The number of aryl methyl sites for hydroxylation is 1. The second-order valence-electron chi connectivity index (χ2n) is 4.16. The molecule has 7 nitrogen and oxygen atoms in total. The van der Waals surface area contributed by atoms with Gasteiger partial charge in [0.1, 0.15) is 0 Å². The second-order valence-corrected chi connectivity index (χ2v) is 4.16. The van der Waals surface area contributed by atoms with Gasteiger partial charge in [-0.05, 0) is 26.3 Å². The molecule has 1 unspecified atom stereocenters. The topological polar surface area (TPSA) is 120 Å². The van der Waals surface area contributed by atoms with Crippen LogP contribution in [0.5, 0.6) is 0 Å². The van der Waals surface area contributed by atoms with Crippen molar-refractivity contribution in [3.63, 3.8) is 0 Å². The molecule has 1 heterocycles. The molecule has 106 valence electrons. The standard InChI is InChI=1S/C12H17NO6/c1-4-19-11(16)10(15)12(17,18)9-6(2)8(5-14)13-7(9)3/h5,10,13,15,17-18H,4H2,1-3H3. The predicted molar refractivity (Wildman–Crippen MR) is 64.4 cm³/mol. The summed E-state index contributed by atoms with van der Waals surface area (Å²) in [6, 6.07) is 0. The summed E-state index contributed by atoms with van der Waals surface area (Å²) >= 11 is 0. The SMILES string of the molecule is CCOC(=O)C(O)C(O)(O)c1c(C)[nH]c(C=O)c1C. The fourth-order valence-corrected chi connectivity index (χ4v) is 1.97. The molecule has 0 fully saturated rings. The van der Waals surface area contributed by atoms with Gasteiger partial charge in [0, 0.05) is 11.3 Å². The number of rotatable bonds is 5. The molecular weight excluding hydrogens is 254 g/mol. The van der Waals surface area contributed by atoms with E-state index >= 15 is 0 Å². The van der Waals surface area contributed by atoms with Gasteiger partial charge >= 0.3 is 5.97 Å². The minimum absolute atomic E-state index is 0.00331. The van der Waals surface area contributed by atoms with Gasteiger partial charge < -0.3 is 25.0 Å². The van der Waals surface area contributed by atoms with E-state index in [0.717, 1.165) is 0 Å². The molecule has 0 aliphatic carbocycles. The number of hydrogen-bond acceptors (Lipinski definition) is 6. The number of H-pyrrole nitrogens is 1. The second kappa shape index (κ2) is 5.52. The van der Waals surface area contributed by atoms with Crippen LogP contribution in [0.2, 0.25) is 0 Å². The van der Waals surface area contributed by atoms with Crippen LogP contribution in [0.1, 0.15) is 34.2 Å². The number of aliphatic hydroxyl groups is 3. The molecule has 0 radical (unpaired) electrons. The first-order valence-electron chi connectivity index (χ1n) is 5.71. The lowest BCUT2D eigenvalue weighted by Gasteiger charge is -2.26. The molecule has 1 atom stereocenters. The zero-order chi connectivity index (χ0) is 14.8. The Kier molecular flexibility index (Phi) is 4.46. The van der Waals surface area contributed by atoms with Crippen molar-refractivity contribution >= 4 is 12.3 Å². The van der Waals surface area contributed by atoms with Gasteiger partial charge in [-0.15, -0.1) is 0 Å². The molecule has 0 bridgehead atoms. The third kappa shape index (κ3) is 2.67. The summed E-state index contributed by atoms with van der Waals surface area (Å²) in [7, 11) is 0. The van der Waals surface area contributed by atoms with E-state index in [9.17, 15) is 24.9 Å². The van der Waals surface area contributed by atoms with Crippen LogP contribution in [0.3, 0.4) is 0 Å². The van der Waals surface area contributed by atoms with Crippen molar-refractivity contribution < 1.29 is 29.6 Å². The lowest BCUT2D eigenvalue weighted by molar-refractivity contribution is -0.240. The van der Waals surface area contributed by atoms with Gasteiger partial charge in [0.15, 0.2) is 6.29 Å². The van der Waals surface area contributed by atoms with Crippen molar-refractivity contribution in [1.29, 1.82) is 0 Å². The molecule has 1 aromatic heterocycles. The number of aldehydes is 1. The van der Waals surface area contributed by atoms with Crippen LogP contribution in [-0.2, 0) is 15.3 Å². The molecule has 0 amide bonds. The molecular formula is C12H17NO6. The zero-order valence-corrected chi connectivity index (χ0v) is 10.9. The largest absolute Gasteiger partial charge is 0.464 e. The number of carbonyl (C=O) groups excluding carboxylic acids is 2. The van der Waals surface area contributed by atoms with E-state index in [1.807, 2.05) is 0 Å². The summed E-state index contributed by atoms with van der Waals surface area (Å²) in [6.07, 6.45) is -1.65. The molecule has 4 N–H and O–H groups in total. The zero-order valence-electron chi connectivity index (χ0n) is 10.9. The number of aliphatic hydroxyl groups excluding tert-OH is 1. The van der Waals surface area contributed by atoms with Crippen LogP contribution in [-0.4, -0.2) is 45.3 Å². The van der Waals surface area contributed by atoms with Crippen molar-refractivity contribution in [3.05, 3.63) is 22.5 Å². The number of ether oxygens (including phenoxy) is 1. The van der Waals surface area contributed by atoms with Crippen LogP contribution < -0.4 is 0 Å². The third-order valence-corrected chi connectivity index (χ3v) is 2.85. The van der Waals surface area contributed by atoms with Crippen LogP contribution in [0, 0.1) is 13.8 Å². The van der Waals surface area contributed by atoms with E-state index in [1.165, 1.54) is 20.8 Å². The number of nitrogens with one attached hydrogen (secondary N) is 1. The van der Waals surface area contributed by atoms with Gasteiger partial charge in [-0.3, -0.25) is 4.79 Å². The molecule has 1 aromatic rings. The Balaban J connectivity index is 3.23. The normalized spacial score (nSPS) is 13.2. The summed E-state index contributed by atoms with van der Waals surface area (Å²) in [4.78, 5) is 24.8. The average molecular weight is 271 g/mol. The van der Waals surface area contributed by atoms with E-state index < -0.39 is 17.9 Å². The minimum atomic E-state index is -2.84. The lowest BCUT2D eigenvalue weighted by Crippen LogP contribution is -2.46. The number of aromatic amines is 1. The Hall–Kier alpha value is -1.70. The van der Waals surface area contributed by atoms with E-state index in [-0.39, 0.29) is 29.1 Å². The first-order valence-corrected chi connectivity index (χ1v) is 5.71. The molecule has 7 heteroatoms. The van der Waals surface area contributed by atoms with Gasteiger partial charge in [0.05, 0.1) is 12.3 Å². The number of aromatic nitrogens is 1. The average Bonchev–Trinajstić information content (AvgIpc) is 2.63. The maximum Gasteiger partial charge on any atom is 0.341 e. The fourth-order valence-electron chi connectivity index (χ4n) is 1.97. The Morgan fingerprint density at radius 1 is 1.47 bits per heavy atom. The van der Waals surface area contributed by atoms with Crippen molar-refractivity contribution in [2.24, 2.45) is 0 Å². The smallest absolute Gasteiger partial charge is 0.341 e. The maximum atomic E-state index is 11.4. The molecule has 0 saturated heterocycles. The van der Waals surface area contributed by atoms with E-state index in [1.54, 1.807) is 0 Å². The van der Waals surface area contributed by atoms with Crippen LogP contribution in [0.15, 0.2) is 0 Å². The number of esters is 1. The van der Waals surface area contributed by atoms with Crippen LogP contribution >= 0.6 is 0 Å². The van der Waals surface area contributed by atoms with Gasteiger partial charge in [-0.25, -0.2) is 4.79 Å². The maximum absolute atomic E-state index is 11.4. The molecule has 0 saturated carbocycles. The van der Waals surface area contributed by atoms with Crippen LogP contribution in [0.4, 0.5) is 0 Å². The van der Waals surface area contributed by atoms with Crippen molar-refractivity contribution in [1.82, 2.24) is 4.98 Å². The van der Waals surface area contributed by atoms with E-state index in [2.05, 4.69) is 9.72 Å². The lowest BCUT2D eigenvalue weighted by atomic mass is 9.96. The molecule has 0 spiro atoms. The Labute approximate surface area is 109 Å². The highest BCUT2D eigenvalue weighted by atomic mass is 16.6. The van der Waals surface area contributed by atoms with Crippen molar-refractivity contribution in [3.8, 4) is 0 Å². The van der Waals surface area contributed by atoms with Crippen LogP contribution in [0.25, 0.3) is 0 Å². The summed E-state index contributed by atoms with van der Waals surface area (Å²) in [5, 5.41) is 29.7. The third-order valence-electron chi connectivity index (χ3n) is 2.85. The molecule has 1 rings (SSSR count). The molecule has 0 aromatic carbocycles. The fraction of sp³-hybridized carbons (Fsp3) is 0.500. The quantitative estimate of drug-likeness (QED) is 0.326. The molecule has 0 aliphatic rings.